The van der Waals surface area contributed by atoms with Crippen LogP contribution in [0.1, 0.15) is 163 Å². The molecule has 3 aliphatic rings. The number of rotatable bonds is 25. The zero-order chi connectivity index (χ0) is 43.5. The maximum Gasteiger partial charge on any atom is 0.334 e. The summed E-state index contributed by atoms with van der Waals surface area (Å²) in [4.78, 5) is 12.8. The molecule has 2 N–H and O–H groups in total. The summed E-state index contributed by atoms with van der Waals surface area (Å²) < 4.78 is 25.7. The molecule has 2 fully saturated rings. The van der Waals surface area contributed by atoms with Crippen LogP contribution in [0.5, 0.6) is 0 Å². The fourth-order valence-corrected chi connectivity index (χ4v) is 14.4. The van der Waals surface area contributed by atoms with Crippen molar-refractivity contribution in [3.8, 4) is 11.8 Å². The topological polar surface area (TPSA) is 94.5 Å². The van der Waals surface area contributed by atoms with Crippen LogP contribution in [0, 0.1) is 11.8 Å². The molecule has 0 saturated carbocycles. The van der Waals surface area contributed by atoms with Crippen molar-refractivity contribution in [1.82, 2.24) is 0 Å². The zero-order valence-corrected chi connectivity index (χ0v) is 39.2. The van der Waals surface area contributed by atoms with Crippen LogP contribution in [0.25, 0.3) is 0 Å². The fourth-order valence-electron chi connectivity index (χ4n) is 9.64. The molecule has 2 aromatic rings. The molecule has 0 aromatic heterocycles. The van der Waals surface area contributed by atoms with Gasteiger partial charge in [-0.15, -0.1) is 0 Å². The summed E-state index contributed by atoms with van der Waals surface area (Å²) in [6.45, 7) is 11.0. The van der Waals surface area contributed by atoms with Crippen LogP contribution in [0.15, 0.2) is 84.5 Å². The van der Waals surface area contributed by atoms with Gasteiger partial charge in [-0.3, -0.25) is 0 Å². The van der Waals surface area contributed by atoms with E-state index >= 15 is 0 Å². The predicted molar refractivity (Wildman–Crippen MR) is 250 cm³/mol. The summed E-state index contributed by atoms with van der Waals surface area (Å²) in [7, 11) is -2.81. The summed E-state index contributed by atoms with van der Waals surface area (Å²) in [5.74, 6) is 6.04. The highest BCUT2D eigenvalue weighted by Gasteiger charge is 2.51. The fraction of sp³-hybridized carbons (Fsp3) is 0.642. The number of aliphatic hydroxyl groups excluding tert-OH is 2. The predicted octanol–water partition coefficient (Wildman–Crippen LogP) is 10.4. The second kappa shape index (κ2) is 25.3. The molecule has 2 aromatic carbocycles. The highest BCUT2D eigenvalue weighted by atomic mass is 28.4. The quantitative estimate of drug-likeness (QED) is 0.0445. The highest BCUT2D eigenvalue weighted by Crippen LogP contribution is 2.39. The van der Waals surface area contributed by atoms with Crippen LogP contribution in [0.4, 0.5) is 0 Å². The summed E-state index contributed by atoms with van der Waals surface area (Å²) in [5, 5.41) is 24.0. The Bertz CT molecular complexity index is 1650. The Morgan fingerprint density at radius 3 is 1.90 bits per heavy atom. The first-order valence-electron chi connectivity index (χ1n) is 24.0. The van der Waals surface area contributed by atoms with E-state index in [1.54, 1.807) is 0 Å². The SMILES string of the molecule is CCCCCCCCCC[C@H](O)[C@H]1CC[C@H]([C@H]2CC[C@H]([C@H](O)CC#C/C=C/CCCCC[C@H](CC3=C[C@H](C)OC3=O)O[Si](c3ccccc3)(c3ccccc3)C(C)(C)C)O2)O1. The molecule has 5 rings (SSSR count). The van der Waals surface area contributed by atoms with Crippen molar-refractivity contribution in [2.24, 2.45) is 0 Å². The van der Waals surface area contributed by atoms with Gasteiger partial charge in [0.15, 0.2) is 0 Å². The largest absolute Gasteiger partial charge is 0.455 e. The number of hydrogen-bond donors (Lipinski definition) is 2. The summed E-state index contributed by atoms with van der Waals surface area (Å²) in [6, 6.07) is 21.4. The van der Waals surface area contributed by atoms with E-state index in [1.165, 1.54) is 55.3 Å². The normalized spacial score (nSPS) is 23.4. The first-order valence-corrected chi connectivity index (χ1v) is 25.9. The van der Waals surface area contributed by atoms with Crippen LogP contribution in [0.2, 0.25) is 5.04 Å². The number of aliphatic hydroxyl groups is 2. The van der Waals surface area contributed by atoms with Crippen molar-refractivity contribution in [2.45, 2.75) is 217 Å². The third kappa shape index (κ3) is 14.8. The summed E-state index contributed by atoms with van der Waals surface area (Å²) >= 11 is 0. The number of allylic oxidation sites excluding steroid dienone is 2. The average Bonchev–Trinajstić information content (AvgIpc) is 4.02. The van der Waals surface area contributed by atoms with Crippen LogP contribution < -0.4 is 10.4 Å². The molecule has 7 nitrogen and oxygen atoms in total. The first-order chi connectivity index (χ1) is 29.5. The maximum atomic E-state index is 12.8. The van der Waals surface area contributed by atoms with Gasteiger partial charge in [-0.05, 0) is 85.9 Å². The minimum absolute atomic E-state index is 0.00220. The zero-order valence-electron chi connectivity index (χ0n) is 38.2. The van der Waals surface area contributed by atoms with Crippen molar-refractivity contribution in [3.05, 3.63) is 84.5 Å². The van der Waals surface area contributed by atoms with E-state index in [0.717, 1.165) is 76.2 Å². The third-order valence-corrected chi connectivity index (χ3v) is 18.1. The Kier molecular flexibility index (Phi) is 20.3. The van der Waals surface area contributed by atoms with Crippen molar-refractivity contribution in [3.63, 3.8) is 0 Å². The van der Waals surface area contributed by atoms with E-state index < -0.39 is 20.5 Å². The minimum atomic E-state index is -2.81. The number of esters is 1. The summed E-state index contributed by atoms with van der Waals surface area (Å²) in [5.41, 5.74) is 0.720. The molecule has 0 aliphatic carbocycles. The lowest BCUT2D eigenvalue weighted by Crippen LogP contribution is -2.67. The van der Waals surface area contributed by atoms with Crippen LogP contribution in [-0.2, 0) is 23.4 Å². The van der Waals surface area contributed by atoms with Gasteiger partial charge in [-0.2, -0.15) is 0 Å². The lowest BCUT2D eigenvalue weighted by Gasteiger charge is -2.45. The second-order valence-electron chi connectivity index (χ2n) is 19.0. The molecular weight excluding hydrogens is 777 g/mol. The Morgan fingerprint density at radius 2 is 1.33 bits per heavy atom. The third-order valence-electron chi connectivity index (χ3n) is 13.0. The van der Waals surface area contributed by atoms with Crippen molar-refractivity contribution in [2.75, 3.05) is 0 Å². The molecule has 0 amide bonds. The smallest absolute Gasteiger partial charge is 0.334 e. The lowest BCUT2D eigenvalue weighted by atomic mass is 10.0. The molecule has 2 saturated heterocycles. The van der Waals surface area contributed by atoms with Gasteiger partial charge in [-0.25, -0.2) is 4.79 Å². The van der Waals surface area contributed by atoms with E-state index in [0.29, 0.717) is 12.8 Å². The van der Waals surface area contributed by atoms with Gasteiger partial charge in [0.05, 0.1) is 42.7 Å². The molecule has 3 aliphatic heterocycles. The van der Waals surface area contributed by atoms with E-state index in [4.69, 9.17) is 18.6 Å². The van der Waals surface area contributed by atoms with Crippen molar-refractivity contribution in [1.29, 1.82) is 0 Å². The molecule has 0 bridgehead atoms. The number of hydrogen-bond acceptors (Lipinski definition) is 7. The van der Waals surface area contributed by atoms with Gasteiger partial charge in [-0.1, -0.05) is 170 Å². The maximum absolute atomic E-state index is 12.8. The van der Waals surface area contributed by atoms with E-state index in [-0.39, 0.29) is 47.6 Å². The van der Waals surface area contributed by atoms with Gasteiger partial charge < -0.3 is 28.8 Å². The second-order valence-corrected chi connectivity index (χ2v) is 23.2. The molecule has 336 valence electrons. The number of carbonyl (C=O) groups is 1. The summed E-state index contributed by atoms with van der Waals surface area (Å²) in [6.07, 6.45) is 24.4. The Hall–Kier alpha value is -3.03. The van der Waals surface area contributed by atoms with Crippen molar-refractivity contribution < 1.29 is 33.6 Å². The molecule has 8 atom stereocenters. The highest BCUT2D eigenvalue weighted by molar-refractivity contribution is 6.99. The Morgan fingerprint density at radius 1 is 0.770 bits per heavy atom. The van der Waals surface area contributed by atoms with Gasteiger partial charge in [0.1, 0.15) is 6.10 Å². The van der Waals surface area contributed by atoms with Gasteiger partial charge >= 0.3 is 5.97 Å². The monoisotopic (exact) mass is 855 g/mol. The van der Waals surface area contributed by atoms with Gasteiger partial charge in [0, 0.05) is 18.4 Å². The van der Waals surface area contributed by atoms with E-state index in [9.17, 15) is 15.0 Å². The number of unbranched alkanes of at least 4 members (excludes halogenated alkanes) is 10. The molecule has 61 heavy (non-hydrogen) atoms. The van der Waals surface area contributed by atoms with Crippen LogP contribution in [-0.4, -0.2) is 73.3 Å². The van der Waals surface area contributed by atoms with Crippen LogP contribution >= 0.6 is 0 Å². The average molecular weight is 855 g/mol. The molecule has 0 spiro atoms. The first kappa shape index (κ1) is 49.0. The molecule has 8 heteroatoms. The van der Waals surface area contributed by atoms with Crippen LogP contribution in [0.3, 0.4) is 0 Å². The number of benzene rings is 2. The number of ether oxygens (including phenoxy) is 3. The molecular formula is C53H78O7Si. The molecule has 0 radical (unpaired) electrons. The number of cyclic esters (lactones) is 1. The minimum Gasteiger partial charge on any atom is -0.455 e. The lowest BCUT2D eigenvalue weighted by molar-refractivity contribution is -0.139. The molecule has 3 heterocycles. The number of carbonyl (C=O) groups excluding carboxylic acids is 1. The van der Waals surface area contributed by atoms with Gasteiger partial charge in [0.25, 0.3) is 8.32 Å². The van der Waals surface area contributed by atoms with Gasteiger partial charge in [0.2, 0.25) is 0 Å². The standard InChI is InChI=1S/C53H78O7Si/c1-6-7-8-9-10-14-17-26-33-46(54)48-35-37-50(58-48)51-38-36-49(59-51)47(55)34-27-18-15-12-11-13-16-21-28-43(40-42-39-41(2)57-52(42)56)60-61(53(3,4)5,44-29-22-19-23-30-44)45-31-24-20-25-32-45/h12,15,19-20,22-25,29-32,39,41,43,46-51,54-55H,6-11,13-14,16-17,21,26,28,33-38,40H2,1-5H3/b15-12+/t41-,43+,46-,47+,48+,49+,50+,51+/m0/s1. The van der Waals surface area contributed by atoms with E-state index in [1.807, 2.05) is 19.1 Å². The Labute approximate surface area is 370 Å². The van der Waals surface area contributed by atoms with Crippen molar-refractivity contribution >= 4 is 24.7 Å². The Balaban J connectivity index is 1.03. The van der Waals surface area contributed by atoms with E-state index in [2.05, 4.69) is 106 Å². The molecule has 0 unspecified atom stereocenters.